The number of benzene rings is 2. The highest BCUT2D eigenvalue weighted by atomic mass is 35.5. The van der Waals surface area contributed by atoms with Crippen LogP contribution in [0.3, 0.4) is 0 Å². The van der Waals surface area contributed by atoms with Crippen molar-refractivity contribution in [2.75, 3.05) is 46.3 Å². The summed E-state index contributed by atoms with van der Waals surface area (Å²) in [5.41, 5.74) is 0.567. The molecule has 0 heterocycles. The van der Waals surface area contributed by atoms with Gasteiger partial charge in [0.1, 0.15) is 12.4 Å². The van der Waals surface area contributed by atoms with Gasteiger partial charge in [0.25, 0.3) is 0 Å². The Hall–Kier alpha value is -2.44. The lowest BCUT2D eigenvalue weighted by molar-refractivity contribution is -0.116. The molecule has 0 aliphatic carbocycles. The van der Waals surface area contributed by atoms with Gasteiger partial charge in [-0.3, -0.25) is 4.79 Å². The summed E-state index contributed by atoms with van der Waals surface area (Å²) in [5, 5.41) is 3.37. The second kappa shape index (κ2) is 10.6. The van der Waals surface area contributed by atoms with Gasteiger partial charge in [0, 0.05) is 24.5 Å². The number of carbonyl (C=O) groups excluding carboxylic acids is 1. The van der Waals surface area contributed by atoms with Crippen LogP contribution in [0.1, 0.15) is 6.42 Å². The van der Waals surface area contributed by atoms with Crippen LogP contribution in [0.15, 0.2) is 42.5 Å². The van der Waals surface area contributed by atoms with Crippen molar-refractivity contribution in [3.63, 3.8) is 0 Å². The molecule has 6 nitrogen and oxygen atoms in total. The van der Waals surface area contributed by atoms with Crippen LogP contribution in [0.25, 0.3) is 0 Å². The molecular formula is C20H25ClN2O4. The largest absolute Gasteiger partial charge is 0.495 e. The van der Waals surface area contributed by atoms with Crippen LogP contribution in [0.4, 0.5) is 5.69 Å². The quantitative estimate of drug-likeness (QED) is 0.668. The van der Waals surface area contributed by atoms with E-state index in [9.17, 15) is 4.79 Å². The Balaban J connectivity index is 1.74. The number of hydrogen-bond acceptors (Lipinski definition) is 5. The third-order valence-electron chi connectivity index (χ3n) is 3.96. The number of nitrogens with one attached hydrogen (secondary N) is 1. The van der Waals surface area contributed by atoms with Gasteiger partial charge < -0.3 is 24.4 Å². The Bertz CT molecular complexity index is 755. The maximum absolute atomic E-state index is 12.2. The number of likely N-dealkylation sites (N-methyl/N-ethyl adjacent to an activating group) is 1. The smallest absolute Gasteiger partial charge is 0.225 e. The van der Waals surface area contributed by atoms with Crippen molar-refractivity contribution in [3.05, 3.63) is 47.5 Å². The van der Waals surface area contributed by atoms with E-state index >= 15 is 0 Å². The van der Waals surface area contributed by atoms with Gasteiger partial charge in [-0.25, -0.2) is 0 Å². The van der Waals surface area contributed by atoms with E-state index in [1.807, 2.05) is 36.2 Å². The van der Waals surface area contributed by atoms with Gasteiger partial charge in [-0.15, -0.1) is 0 Å². The molecule has 0 atom stereocenters. The van der Waals surface area contributed by atoms with Crippen molar-refractivity contribution in [2.24, 2.45) is 0 Å². The maximum atomic E-state index is 12.2. The Morgan fingerprint density at radius 2 is 1.74 bits per heavy atom. The molecular weight excluding hydrogens is 368 g/mol. The second-order valence-corrected chi connectivity index (χ2v) is 6.38. The zero-order valence-corrected chi connectivity index (χ0v) is 16.6. The van der Waals surface area contributed by atoms with Crippen LogP contribution in [-0.4, -0.2) is 51.8 Å². The van der Waals surface area contributed by atoms with Gasteiger partial charge in [-0.1, -0.05) is 23.7 Å². The molecule has 0 radical (unpaired) electrons. The molecule has 0 fully saturated rings. The van der Waals surface area contributed by atoms with Crippen LogP contribution in [0.2, 0.25) is 5.02 Å². The van der Waals surface area contributed by atoms with Gasteiger partial charge in [-0.05, 0) is 37.4 Å². The molecule has 0 aliphatic rings. The lowest BCUT2D eigenvalue weighted by Crippen LogP contribution is -2.28. The molecule has 0 aromatic heterocycles. The zero-order valence-electron chi connectivity index (χ0n) is 15.8. The standard InChI is InChI=1S/C20H25ClN2O4/c1-23(12-13-27-19-7-5-4-6-18(19)26-3)11-10-20(24)22-16-14-15(21)8-9-17(16)25-2/h4-9,14H,10-13H2,1-3H3,(H,22,24). The van der Waals surface area contributed by atoms with Crippen LogP contribution in [0.5, 0.6) is 17.2 Å². The number of carbonyl (C=O) groups is 1. The van der Waals surface area contributed by atoms with Crippen LogP contribution in [-0.2, 0) is 4.79 Å². The number of nitrogens with zero attached hydrogens (tertiary/aromatic N) is 1. The van der Waals surface area contributed by atoms with Gasteiger partial charge in [-0.2, -0.15) is 0 Å². The van der Waals surface area contributed by atoms with Crippen molar-refractivity contribution in [2.45, 2.75) is 6.42 Å². The predicted molar refractivity (Wildman–Crippen MR) is 107 cm³/mol. The monoisotopic (exact) mass is 392 g/mol. The summed E-state index contributed by atoms with van der Waals surface area (Å²) < 4.78 is 16.2. The first kappa shape index (κ1) is 20.9. The fraction of sp³-hybridized carbons (Fsp3) is 0.350. The molecule has 0 bridgehead atoms. The minimum absolute atomic E-state index is 0.104. The first-order chi connectivity index (χ1) is 13.0. The van der Waals surface area contributed by atoms with E-state index in [0.717, 1.165) is 0 Å². The lowest BCUT2D eigenvalue weighted by Gasteiger charge is -2.18. The van der Waals surface area contributed by atoms with E-state index < -0.39 is 0 Å². The van der Waals surface area contributed by atoms with Gasteiger partial charge in [0.2, 0.25) is 5.91 Å². The second-order valence-electron chi connectivity index (χ2n) is 5.95. The number of ether oxygens (including phenoxy) is 3. The summed E-state index contributed by atoms with van der Waals surface area (Å²) in [7, 11) is 5.11. The molecule has 1 N–H and O–H groups in total. The number of para-hydroxylation sites is 2. The summed E-state index contributed by atoms with van der Waals surface area (Å²) in [6, 6.07) is 12.6. The molecule has 0 unspecified atom stereocenters. The molecule has 0 saturated heterocycles. The Morgan fingerprint density at radius 3 is 2.44 bits per heavy atom. The van der Waals surface area contributed by atoms with Crippen molar-refractivity contribution < 1.29 is 19.0 Å². The molecule has 7 heteroatoms. The van der Waals surface area contributed by atoms with Crippen molar-refractivity contribution in [1.82, 2.24) is 4.90 Å². The number of anilines is 1. The lowest BCUT2D eigenvalue weighted by atomic mass is 10.2. The van der Waals surface area contributed by atoms with E-state index in [-0.39, 0.29) is 5.91 Å². The molecule has 146 valence electrons. The van der Waals surface area contributed by atoms with E-state index in [1.165, 1.54) is 0 Å². The van der Waals surface area contributed by atoms with Gasteiger partial charge in [0.05, 0.1) is 19.9 Å². The first-order valence-electron chi connectivity index (χ1n) is 8.61. The van der Waals surface area contributed by atoms with Gasteiger partial charge in [0.15, 0.2) is 11.5 Å². The number of amides is 1. The molecule has 2 aromatic rings. The van der Waals surface area contributed by atoms with Crippen molar-refractivity contribution in [1.29, 1.82) is 0 Å². The predicted octanol–water partition coefficient (Wildman–Crippen LogP) is 3.70. The van der Waals surface area contributed by atoms with E-state index in [0.29, 0.717) is 54.1 Å². The number of rotatable bonds is 10. The maximum Gasteiger partial charge on any atom is 0.225 e. The molecule has 1 amide bonds. The third kappa shape index (κ3) is 6.66. The first-order valence-corrected chi connectivity index (χ1v) is 8.99. The van der Waals surface area contributed by atoms with E-state index in [4.69, 9.17) is 25.8 Å². The number of methoxy groups -OCH3 is 2. The van der Waals surface area contributed by atoms with E-state index in [2.05, 4.69) is 5.32 Å². The fourth-order valence-electron chi connectivity index (χ4n) is 2.44. The Morgan fingerprint density at radius 1 is 1.04 bits per heavy atom. The SMILES string of the molecule is COc1ccc(Cl)cc1NC(=O)CCN(C)CCOc1ccccc1OC. The fourth-order valence-corrected chi connectivity index (χ4v) is 2.62. The molecule has 0 saturated carbocycles. The average Bonchev–Trinajstić information content (AvgIpc) is 2.67. The summed E-state index contributed by atoms with van der Waals surface area (Å²) in [5.74, 6) is 1.88. The molecule has 27 heavy (non-hydrogen) atoms. The van der Waals surface area contributed by atoms with Crippen LogP contribution >= 0.6 is 11.6 Å². The molecule has 0 spiro atoms. The Kier molecular flexibility index (Phi) is 8.23. The number of hydrogen-bond donors (Lipinski definition) is 1. The highest BCUT2D eigenvalue weighted by molar-refractivity contribution is 6.31. The average molecular weight is 393 g/mol. The normalized spacial score (nSPS) is 10.6. The third-order valence-corrected chi connectivity index (χ3v) is 4.19. The molecule has 2 rings (SSSR count). The summed E-state index contributed by atoms with van der Waals surface area (Å²) in [6.45, 7) is 1.79. The highest BCUT2D eigenvalue weighted by Crippen LogP contribution is 2.28. The number of halogens is 1. The van der Waals surface area contributed by atoms with Crippen LogP contribution < -0.4 is 19.5 Å². The Labute approximate surface area is 165 Å². The van der Waals surface area contributed by atoms with Crippen molar-refractivity contribution in [3.8, 4) is 17.2 Å². The van der Waals surface area contributed by atoms with Crippen molar-refractivity contribution >= 4 is 23.2 Å². The van der Waals surface area contributed by atoms with Crippen LogP contribution in [0, 0.1) is 0 Å². The topological polar surface area (TPSA) is 60.0 Å². The minimum atomic E-state index is -0.104. The molecule has 2 aromatic carbocycles. The summed E-state index contributed by atoms with van der Waals surface area (Å²) in [4.78, 5) is 14.2. The zero-order chi connectivity index (χ0) is 19.6. The summed E-state index contributed by atoms with van der Waals surface area (Å²) >= 11 is 5.98. The van der Waals surface area contributed by atoms with Gasteiger partial charge >= 0.3 is 0 Å². The molecule has 0 aliphatic heterocycles. The highest BCUT2D eigenvalue weighted by Gasteiger charge is 2.10. The minimum Gasteiger partial charge on any atom is -0.495 e. The summed E-state index contributed by atoms with van der Waals surface area (Å²) in [6.07, 6.45) is 0.348. The van der Waals surface area contributed by atoms with E-state index in [1.54, 1.807) is 32.4 Å².